The molecule has 0 bridgehead atoms. The molecule has 0 aromatic carbocycles. The van der Waals surface area contributed by atoms with Crippen molar-refractivity contribution in [1.29, 1.82) is 0 Å². The highest BCUT2D eigenvalue weighted by atomic mass is 16.6. The summed E-state index contributed by atoms with van der Waals surface area (Å²) in [6.07, 6.45) is -0.342. The van der Waals surface area contributed by atoms with Crippen molar-refractivity contribution in [2.75, 3.05) is 20.1 Å². The lowest BCUT2D eigenvalue weighted by Crippen LogP contribution is -2.57. The molecule has 1 saturated heterocycles. The van der Waals surface area contributed by atoms with Gasteiger partial charge in [-0.2, -0.15) is 0 Å². The van der Waals surface area contributed by atoms with Crippen LogP contribution in [0.3, 0.4) is 0 Å². The molecule has 1 rings (SSSR count). The highest BCUT2D eigenvalue weighted by molar-refractivity contribution is 5.67. The monoisotopic (exact) mass is 172 g/mol. The number of nitrogens with one attached hydrogen (secondary N) is 1. The number of hydrogen-bond donors (Lipinski definition) is 1. The zero-order valence-corrected chi connectivity index (χ0v) is 7.83. The maximum atomic E-state index is 11.0. The van der Waals surface area contributed by atoms with E-state index in [2.05, 4.69) is 10.2 Å². The molecule has 4 heteroatoms. The third-order valence-corrected chi connectivity index (χ3v) is 1.73. The van der Waals surface area contributed by atoms with Gasteiger partial charge in [-0.25, -0.2) is 4.79 Å². The highest BCUT2D eigenvalue weighted by Crippen LogP contribution is 2.03. The quantitative estimate of drug-likeness (QED) is 0.657. The molecule has 1 aliphatic rings. The Morgan fingerprint density at radius 1 is 1.58 bits per heavy atom. The van der Waals surface area contributed by atoms with Gasteiger partial charge in [0, 0.05) is 13.1 Å². The number of hydrogen-bond acceptors (Lipinski definition) is 3. The van der Waals surface area contributed by atoms with Crippen molar-refractivity contribution < 1.29 is 9.53 Å². The molecule has 1 N–H and O–H groups in total. The lowest BCUT2D eigenvalue weighted by atomic mass is 10.1. The third-order valence-electron chi connectivity index (χ3n) is 1.73. The second-order valence-corrected chi connectivity index (χ2v) is 3.52. The largest absolute Gasteiger partial charge is 0.447 e. The minimum atomic E-state index is -0.303. The first kappa shape index (κ1) is 9.32. The predicted molar refractivity (Wildman–Crippen MR) is 46.0 cm³/mol. The Bertz CT molecular complexity index is 164. The van der Waals surface area contributed by atoms with Gasteiger partial charge >= 0.3 is 6.09 Å². The number of nitrogens with zero attached hydrogens (tertiary/aromatic N) is 1. The highest BCUT2D eigenvalue weighted by Gasteiger charge is 2.25. The molecule has 70 valence electrons. The average molecular weight is 172 g/mol. The van der Waals surface area contributed by atoms with Crippen LogP contribution in [0.4, 0.5) is 4.79 Å². The summed E-state index contributed by atoms with van der Waals surface area (Å²) in [5.74, 6) is 0. The molecular formula is C8H16N2O2. The fourth-order valence-corrected chi connectivity index (χ4v) is 1.21. The molecule has 0 spiro atoms. The fraction of sp³-hybridized carbons (Fsp3) is 0.875. The van der Waals surface area contributed by atoms with Gasteiger partial charge in [0.05, 0.1) is 12.1 Å². The van der Waals surface area contributed by atoms with E-state index >= 15 is 0 Å². The van der Waals surface area contributed by atoms with E-state index in [1.807, 2.05) is 20.9 Å². The number of alkyl carbamates (subject to hydrolysis) is 1. The van der Waals surface area contributed by atoms with Gasteiger partial charge in [0.1, 0.15) is 0 Å². The molecule has 0 aliphatic carbocycles. The summed E-state index contributed by atoms with van der Waals surface area (Å²) in [6.45, 7) is 5.53. The van der Waals surface area contributed by atoms with E-state index in [-0.39, 0.29) is 18.2 Å². The zero-order chi connectivity index (χ0) is 9.14. The Labute approximate surface area is 72.9 Å². The summed E-state index contributed by atoms with van der Waals surface area (Å²) in [5.41, 5.74) is 0. The van der Waals surface area contributed by atoms with Crippen LogP contribution in [0.5, 0.6) is 0 Å². The predicted octanol–water partition coefficient (Wildman–Crippen LogP) is 0.435. The topological polar surface area (TPSA) is 41.6 Å². The van der Waals surface area contributed by atoms with Crippen molar-refractivity contribution in [2.24, 2.45) is 0 Å². The number of carbonyl (C=O) groups excluding carboxylic acids is 1. The Morgan fingerprint density at radius 3 is 2.58 bits per heavy atom. The smallest absolute Gasteiger partial charge is 0.407 e. The fourth-order valence-electron chi connectivity index (χ4n) is 1.21. The van der Waals surface area contributed by atoms with Gasteiger partial charge in [-0.15, -0.1) is 0 Å². The summed E-state index contributed by atoms with van der Waals surface area (Å²) in [7, 11) is 2.02. The van der Waals surface area contributed by atoms with E-state index in [0.29, 0.717) is 0 Å². The molecule has 1 fully saturated rings. The van der Waals surface area contributed by atoms with Gasteiger partial charge in [0.2, 0.25) is 0 Å². The molecule has 1 heterocycles. The lowest BCUT2D eigenvalue weighted by Gasteiger charge is -2.36. The molecule has 1 amide bonds. The van der Waals surface area contributed by atoms with Crippen molar-refractivity contribution in [3.8, 4) is 0 Å². The number of likely N-dealkylation sites (N-methyl/N-ethyl adjacent to an activating group) is 1. The van der Waals surface area contributed by atoms with E-state index in [0.717, 1.165) is 13.1 Å². The van der Waals surface area contributed by atoms with Crippen molar-refractivity contribution in [3.63, 3.8) is 0 Å². The van der Waals surface area contributed by atoms with Crippen LogP contribution in [0.2, 0.25) is 0 Å². The normalized spacial score (nSPS) is 19.0. The maximum Gasteiger partial charge on any atom is 0.407 e. The molecule has 0 unspecified atom stereocenters. The SMILES string of the molecule is CC(C)OC(=O)NC1CN(C)C1. The van der Waals surface area contributed by atoms with Gasteiger partial charge in [-0.05, 0) is 20.9 Å². The summed E-state index contributed by atoms with van der Waals surface area (Å²) in [6, 6.07) is 0.279. The number of amides is 1. The van der Waals surface area contributed by atoms with E-state index in [4.69, 9.17) is 4.74 Å². The molecule has 0 aromatic rings. The Kier molecular flexibility index (Phi) is 2.92. The first-order chi connectivity index (χ1) is 5.58. The van der Waals surface area contributed by atoms with E-state index in [9.17, 15) is 4.79 Å². The van der Waals surface area contributed by atoms with Crippen LogP contribution in [-0.2, 0) is 4.74 Å². The lowest BCUT2D eigenvalue weighted by molar-refractivity contribution is 0.0943. The van der Waals surface area contributed by atoms with Crippen LogP contribution in [-0.4, -0.2) is 43.3 Å². The summed E-state index contributed by atoms with van der Waals surface area (Å²) in [4.78, 5) is 13.2. The molecule has 0 atom stereocenters. The standard InChI is InChI=1S/C8H16N2O2/c1-6(2)12-8(11)9-7-4-10(3)5-7/h6-7H,4-5H2,1-3H3,(H,9,11). The van der Waals surface area contributed by atoms with Gasteiger partial charge in [0.15, 0.2) is 0 Å². The van der Waals surface area contributed by atoms with Gasteiger partial charge in [0.25, 0.3) is 0 Å². The average Bonchev–Trinajstić information content (AvgIpc) is 1.82. The summed E-state index contributed by atoms with van der Waals surface area (Å²) < 4.78 is 4.92. The van der Waals surface area contributed by atoms with E-state index < -0.39 is 0 Å². The number of carbonyl (C=O) groups is 1. The van der Waals surface area contributed by atoms with Gasteiger partial charge in [-0.1, -0.05) is 0 Å². The molecule has 0 saturated carbocycles. The van der Waals surface area contributed by atoms with E-state index in [1.54, 1.807) is 0 Å². The van der Waals surface area contributed by atoms with Crippen LogP contribution >= 0.6 is 0 Å². The molecule has 12 heavy (non-hydrogen) atoms. The molecule has 0 radical (unpaired) electrons. The Morgan fingerprint density at radius 2 is 2.17 bits per heavy atom. The van der Waals surface area contributed by atoms with Crippen LogP contribution in [0.25, 0.3) is 0 Å². The Balaban J connectivity index is 2.11. The first-order valence-corrected chi connectivity index (χ1v) is 4.23. The Hall–Kier alpha value is -0.770. The minimum Gasteiger partial charge on any atom is -0.447 e. The minimum absolute atomic E-state index is 0.0391. The van der Waals surface area contributed by atoms with E-state index in [1.165, 1.54) is 0 Å². The molecule has 4 nitrogen and oxygen atoms in total. The zero-order valence-electron chi connectivity index (χ0n) is 7.83. The van der Waals surface area contributed by atoms with Crippen molar-refractivity contribution in [1.82, 2.24) is 10.2 Å². The summed E-state index contributed by atoms with van der Waals surface area (Å²) >= 11 is 0. The molecule has 0 aromatic heterocycles. The van der Waals surface area contributed by atoms with Crippen LogP contribution in [0, 0.1) is 0 Å². The maximum absolute atomic E-state index is 11.0. The van der Waals surface area contributed by atoms with Crippen molar-refractivity contribution in [3.05, 3.63) is 0 Å². The second-order valence-electron chi connectivity index (χ2n) is 3.52. The van der Waals surface area contributed by atoms with Crippen molar-refractivity contribution in [2.45, 2.75) is 26.0 Å². The second kappa shape index (κ2) is 3.76. The third kappa shape index (κ3) is 2.70. The van der Waals surface area contributed by atoms with Crippen molar-refractivity contribution >= 4 is 6.09 Å². The van der Waals surface area contributed by atoms with Crippen LogP contribution < -0.4 is 5.32 Å². The van der Waals surface area contributed by atoms with Gasteiger partial charge < -0.3 is 15.0 Å². The molecular weight excluding hydrogens is 156 g/mol. The van der Waals surface area contributed by atoms with Crippen LogP contribution in [0.1, 0.15) is 13.8 Å². The van der Waals surface area contributed by atoms with Gasteiger partial charge in [-0.3, -0.25) is 0 Å². The number of likely N-dealkylation sites (tertiary alicyclic amines) is 1. The molecule has 1 aliphatic heterocycles. The summed E-state index contributed by atoms with van der Waals surface area (Å²) in [5, 5.41) is 2.78. The first-order valence-electron chi connectivity index (χ1n) is 4.23. The van der Waals surface area contributed by atoms with Crippen LogP contribution in [0.15, 0.2) is 0 Å². The number of ether oxygens (including phenoxy) is 1. The number of rotatable bonds is 2.